The molecule has 2 rings (SSSR count). The highest BCUT2D eigenvalue weighted by Gasteiger charge is 2.07. The number of pyridine rings is 1. The number of nitrogens with zero attached hydrogens (tertiary/aromatic N) is 1. The van der Waals surface area contributed by atoms with Gasteiger partial charge in [0, 0.05) is 18.0 Å². The molecule has 4 nitrogen and oxygen atoms in total. The predicted octanol–water partition coefficient (Wildman–Crippen LogP) is 2.74. The van der Waals surface area contributed by atoms with Gasteiger partial charge in [0.25, 0.3) is 0 Å². The monoisotopic (exact) mass is 259 g/mol. The molecule has 0 radical (unpaired) electrons. The van der Waals surface area contributed by atoms with Crippen molar-refractivity contribution in [3.05, 3.63) is 36.0 Å². The van der Waals surface area contributed by atoms with E-state index in [1.165, 1.54) is 0 Å². The Hall–Kier alpha value is -2.10. The van der Waals surface area contributed by atoms with Crippen molar-refractivity contribution < 1.29 is 14.3 Å². The van der Waals surface area contributed by atoms with Crippen LogP contribution in [0.2, 0.25) is 0 Å². The molecular weight excluding hydrogens is 242 g/mol. The molecule has 0 atom stereocenters. The molecule has 0 unspecified atom stereocenters. The minimum absolute atomic E-state index is 0.171. The van der Waals surface area contributed by atoms with Crippen LogP contribution in [0.3, 0.4) is 0 Å². The Bertz CT molecular complexity index is 581. The van der Waals surface area contributed by atoms with Crippen molar-refractivity contribution in [3.63, 3.8) is 0 Å². The minimum Gasteiger partial charge on any atom is -0.497 e. The Morgan fingerprint density at radius 2 is 2.16 bits per heavy atom. The number of hydrogen-bond donors (Lipinski definition) is 0. The van der Waals surface area contributed by atoms with E-state index in [1.54, 1.807) is 13.3 Å². The fourth-order valence-corrected chi connectivity index (χ4v) is 2.00. The molecule has 0 aliphatic rings. The number of hydrogen-bond acceptors (Lipinski definition) is 4. The van der Waals surface area contributed by atoms with Gasteiger partial charge in [0.2, 0.25) is 0 Å². The van der Waals surface area contributed by atoms with Crippen molar-refractivity contribution in [1.29, 1.82) is 0 Å². The Balaban J connectivity index is 2.24. The van der Waals surface area contributed by atoms with Gasteiger partial charge < -0.3 is 9.47 Å². The molecule has 0 spiro atoms. The molecule has 0 saturated heterocycles. The number of rotatable bonds is 5. The Morgan fingerprint density at radius 1 is 1.32 bits per heavy atom. The SMILES string of the molecule is CCOC(=O)CCc1ccnc2ccc(OC)cc12. The first-order valence-electron chi connectivity index (χ1n) is 6.32. The summed E-state index contributed by atoms with van der Waals surface area (Å²) < 4.78 is 10.2. The van der Waals surface area contributed by atoms with Gasteiger partial charge in [-0.2, -0.15) is 0 Å². The number of fused-ring (bicyclic) bond motifs is 1. The van der Waals surface area contributed by atoms with Crippen LogP contribution >= 0.6 is 0 Å². The minimum atomic E-state index is -0.171. The lowest BCUT2D eigenvalue weighted by molar-refractivity contribution is -0.143. The van der Waals surface area contributed by atoms with Crippen LogP contribution in [0.5, 0.6) is 5.75 Å². The van der Waals surface area contributed by atoms with Crippen molar-refractivity contribution in [3.8, 4) is 5.75 Å². The van der Waals surface area contributed by atoms with Gasteiger partial charge in [-0.3, -0.25) is 9.78 Å². The lowest BCUT2D eigenvalue weighted by Crippen LogP contribution is -2.05. The summed E-state index contributed by atoms with van der Waals surface area (Å²) in [5.74, 6) is 0.619. The lowest BCUT2D eigenvalue weighted by Gasteiger charge is -2.07. The molecule has 1 aromatic carbocycles. The Morgan fingerprint density at radius 3 is 2.89 bits per heavy atom. The summed E-state index contributed by atoms with van der Waals surface area (Å²) >= 11 is 0. The van der Waals surface area contributed by atoms with E-state index in [9.17, 15) is 4.79 Å². The van der Waals surface area contributed by atoms with Gasteiger partial charge >= 0.3 is 5.97 Å². The lowest BCUT2D eigenvalue weighted by atomic mass is 10.0. The molecule has 0 saturated carbocycles. The summed E-state index contributed by atoms with van der Waals surface area (Å²) in [6, 6.07) is 7.68. The molecular formula is C15H17NO3. The molecule has 0 aliphatic heterocycles. The van der Waals surface area contributed by atoms with E-state index in [1.807, 2.05) is 31.2 Å². The van der Waals surface area contributed by atoms with E-state index in [-0.39, 0.29) is 5.97 Å². The van der Waals surface area contributed by atoms with Crippen LogP contribution in [0.15, 0.2) is 30.5 Å². The molecule has 100 valence electrons. The van der Waals surface area contributed by atoms with E-state index in [0.717, 1.165) is 22.2 Å². The Kier molecular flexibility index (Phi) is 4.34. The van der Waals surface area contributed by atoms with Gasteiger partial charge in [-0.15, -0.1) is 0 Å². The van der Waals surface area contributed by atoms with Crippen LogP contribution in [-0.2, 0) is 16.0 Å². The summed E-state index contributed by atoms with van der Waals surface area (Å²) in [5, 5.41) is 1.02. The number of aryl methyl sites for hydroxylation is 1. The fourth-order valence-electron chi connectivity index (χ4n) is 2.00. The zero-order chi connectivity index (χ0) is 13.7. The van der Waals surface area contributed by atoms with Gasteiger partial charge in [0.1, 0.15) is 5.75 Å². The second-order valence-corrected chi connectivity index (χ2v) is 4.16. The summed E-state index contributed by atoms with van der Waals surface area (Å²) in [5.41, 5.74) is 1.99. The van der Waals surface area contributed by atoms with Crippen LogP contribution in [0.4, 0.5) is 0 Å². The van der Waals surface area contributed by atoms with Crippen LogP contribution in [-0.4, -0.2) is 24.7 Å². The molecule has 19 heavy (non-hydrogen) atoms. The second kappa shape index (κ2) is 6.18. The van der Waals surface area contributed by atoms with Gasteiger partial charge in [-0.05, 0) is 43.2 Å². The number of ether oxygens (including phenoxy) is 2. The highest BCUT2D eigenvalue weighted by Crippen LogP contribution is 2.23. The average molecular weight is 259 g/mol. The number of carbonyl (C=O) groups is 1. The zero-order valence-electron chi connectivity index (χ0n) is 11.2. The van der Waals surface area contributed by atoms with Crippen molar-refractivity contribution in [2.75, 3.05) is 13.7 Å². The maximum absolute atomic E-state index is 11.4. The molecule has 0 N–H and O–H groups in total. The molecule has 0 fully saturated rings. The van der Waals surface area contributed by atoms with Gasteiger partial charge in [-0.25, -0.2) is 0 Å². The fraction of sp³-hybridized carbons (Fsp3) is 0.333. The molecule has 0 amide bonds. The third-order valence-corrected chi connectivity index (χ3v) is 2.94. The van der Waals surface area contributed by atoms with E-state index >= 15 is 0 Å². The number of carbonyl (C=O) groups excluding carboxylic acids is 1. The van der Waals surface area contributed by atoms with E-state index in [2.05, 4.69) is 4.98 Å². The highest BCUT2D eigenvalue weighted by molar-refractivity contribution is 5.84. The van der Waals surface area contributed by atoms with Crippen LogP contribution in [0, 0.1) is 0 Å². The summed E-state index contributed by atoms with van der Waals surface area (Å²) in [7, 11) is 1.63. The van der Waals surface area contributed by atoms with Crippen molar-refractivity contribution in [2.45, 2.75) is 19.8 Å². The number of benzene rings is 1. The first-order chi connectivity index (χ1) is 9.24. The van der Waals surface area contributed by atoms with Crippen LogP contribution < -0.4 is 4.74 Å². The van der Waals surface area contributed by atoms with Crippen molar-refractivity contribution in [1.82, 2.24) is 4.98 Å². The zero-order valence-corrected chi connectivity index (χ0v) is 11.2. The van der Waals surface area contributed by atoms with Crippen molar-refractivity contribution >= 4 is 16.9 Å². The number of methoxy groups -OCH3 is 1. The molecule has 0 aliphatic carbocycles. The largest absolute Gasteiger partial charge is 0.497 e. The molecule has 0 bridgehead atoms. The van der Waals surface area contributed by atoms with Gasteiger partial charge in [-0.1, -0.05) is 0 Å². The smallest absolute Gasteiger partial charge is 0.306 e. The van der Waals surface area contributed by atoms with E-state index < -0.39 is 0 Å². The normalized spacial score (nSPS) is 10.4. The second-order valence-electron chi connectivity index (χ2n) is 4.16. The summed E-state index contributed by atoms with van der Waals surface area (Å²) in [6.07, 6.45) is 2.78. The molecule has 2 aromatic rings. The van der Waals surface area contributed by atoms with E-state index in [0.29, 0.717) is 19.4 Å². The maximum atomic E-state index is 11.4. The number of esters is 1. The Labute approximate surface area is 112 Å². The third kappa shape index (κ3) is 3.22. The number of aromatic nitrogens is 1. The maximum Gasteiger partial charge on any atom is 0.306 e. The van der Waals surface area contributed by atoms with Crippen LogP contribution in [0.1, 0.15) is 18.9 Å². The molecule has 1 aromatic heterocycles. The van der Waals surface area contributed by atoms with E-state index in [4.69, 9.17) is 9.47 Å². The third-order valence-electron chi connectivity index (χ3n) is 2.94. The standard InChI is InChI=1S/C15H17NO3/c1-3-19-15(17)7-4-11-8-9-16-14-6-5-12(18-2)10-13(11)14/h5-6,8-10H,3-4,7H2,1-2H3. The molecule has 1 heterocycles. The summed E-state index contributed by atoms with van der Waals surface area (Å²) in [4.78, 5) is 15.7. The van der Waals surface area contributed by atoms with Gasteiger partial charge in [0.05, 0.1) is 19.2 Å². The van der Waals surface area contributed by atoms with Gasteiger partial charge in [0.15, 0.2) is 0 Å². The predicted molar refractivity (Wildman–Crippen MR) is 73.2 cm³/mol. The first kappa shape index (κ1) is 13.3. The quantitative estimate of drug-likeness (QED) is 0.775. The van der Waals surface area contributed by atoms with Crippen molar-refractivity contribution in [2.24, 2.45) is 0 Å². The summed E-state index contributed by atoms with van der Waals surface area (Å²) in [6.45, 7) is 2.23. The topological polar surface area (TPSA) is 48.4 Å². The van der Waals surface area contributed by atoms with Crippen LogP contribution in [0.25, 0.3) is 10.9 Å². The average Bonchev–Trinajstić information content (AvgIpc) is 2.44. The first-order valence-corrected chi connectivity index (χ1v) is 6.32. The highest BCUT2D eigenvalue weighted by atomic mass is 16.5. The molecule has 4 heteroatoms.